The second-order valence-corrected chi connectivity index (χ2v) is 12.8. The summed E-state index contributed by atoms with van der Waals surface area (Å²) in [5.74, 6) is 1.04. The maximum absolute atomic E-state index is 6.10. The average Bonchev–Trinajstić information content (AvgIpc) is 2.33. The molecule has 0 aliphatic heterocycles. The molecule has 0 saturated heterocycles. The molecule has 0 saturated carbocycles. The van der Waals surface area contributed by atoms with Crippen molar-refractivity contribution in [3.8, 4) is 5.75 Å². The first-order valence-corrected chi connectivity index (χ1v) is 12.0. The first-order chi connectivity index (χ1) is 9.35. The monoisotopic (exact) mass is 300 g/mol. The van der Waals surface area contributed by atoms with E-state index in [1.54, 1.807) is 0 Å². The Hall–Kier alpha value is -1.33. The quantitative estimate of drug-likeness (QED) is 0.789. The molecule has 0 heterocycles. The normalized spacial score (nSPS) is 12.1. The molecule has 0 unspecified atom stereocenters. The summed E-state index contributed by atoms with van der Waals surface area (Å²) in [5.41, 5.74) is 2.85. The van der Waals surface area contributed by atoms with Gasteiger partial charge in [-0.1, -0.05) is 40.7 Å². The second kappa shape index (κ2) is 5.98. The van der Waals surface area contributed by atoms with Crippen LogP contribution in [0.25, 0.3) is 0 Å². The number of hydrogen-bond donors (Lipinski definition) is 0. The largest absolute Gasteiger partial charge is 0.544 e. The number of hydrogen-bond acceptors (Lipinski definition) is 1. The number of rotatable bonds is 4. The van der Waals surface area contributed by atoms with Crippen molar-refractivity contribution in [1.29, 1.82) is 0 Å². The number of aryl methyl sites for hydroxylation is 1. The minimum atomic E-state index is -1.52. The number of benzene rings is 2. The third kappa shape index (κ3) is 4.08. The van der Waals surface area contributed by atoms with Crippen LogP contribution < -0.4 is 14.8 Å². The van der Waals surface area contributed by atoms with E-state index in [0.29, 0.717) is 0 Å². The topological polar surface area (TPSA) is 9.23 Å². The molecule has 0 spiro atoms. The lowest BCUT2D eigenvalue weighted by Crippen LogP contribution is -2.32. The van der Waals surface area contributed by atoms with Gasteiger partial charge in [0.05, 0.1) is 9.52 Å². The van der Waals surface area contributed by atoms with Crippen molar-refractivity contribution in [2.75, 3.05) is 0 Å². The molecule has 0 aliphatic carbocycles. The second-order valence-electron chi connectivity index (χ2n) is 6.40. The molecule has 106 valence electrons. The maximum Gasteiger partial charge on any atom is 0.242 e. The summed E-state index contributed by atoms with van der Waals surface area (Å²) >= 11 is 0. The van der Waals surface area contributed by atoms with Crippen molar-refractivity contribution in [2.24, 2.45) is 0 Å². The van der Waals surface area contributed by atoms with Crippen LogP contribution in [-0.2, 0) is 0 Å². The molecule has 3 heteroatoms. The minimum Gasteiger partial charge on any atom is -0.544 e. The van der Waals surface area contributed by atoms with Crippen LogP contribution in [0.2, 0.25) is 19.6 Å². The van der Waals surface area contributed by atoms with Crippen LogP contribution in [-0.4, -0.2) is 17.8 Å². The molecular weight excluding hydrogens is 276 g/mol. The van der Waals surface area contributed by atoms with E-state index in [0.717, 1.165) is 5.75 Å². The Morgan fingerprint density at radius 1 is 0.950 bits per heavy atom. The zero-order valence-corrected chi connectivity index (χ0v) is 15.6. The molecule has 20 heavy (non-hydrogen) atoms. The molecular formula is C17H24OSi2. The fraction of sp³-hybridized carbons (Fsp3) is 0.294. The van der Waals surface area contributed by atoms with Gasteiger partial charge in [0.1, 0.15) is 5.75 Å². The zero-order valence-electron chi connectivity index (χ0n) is 13.2. The summed E-state index contributed by atoms with van der Waals surface area (Å²) in [6.07, 6.45) is 0. The Morgan fingerprint density at radius 2 is 1.65 bits per heavy atom. The molecule has 0 bridgehead atoms. The lowest BCUT2D eigenvalue weighted by Gasteiger charge is -2.19. The highest BCUT2D eigenvalue weighted by Crippen LogP contribution is 2.13. The lowest BCUT2D eigenvalue weighted by molar-refractivity contribution is 0.558. The summed E-state index contributed by atoms with van der Waals surface area (Å²) in [6.45, 7) is 11.1. The van der Waals surface area contributed by atoms with Gasteiger partial charge >= 0.3 is 0 Å². The predicted molar refractivity (Wildman–Crippen MR) is 94.1 cm³/mol. The van der Waals surface area contributed by atoms with Gasteiger partial charge in [-0.2, -0.15) is 0 Å². The van der Waals surface area contributed by atoms with Gasteiger partial charge in [-0.25, -0.2) is 0 Å². The fourth-order valence-electron chi connectivity index (χ4n) is 2.30. The van der Waals surface area contributed by atoms with Gasteiger partial charge in [0, 0.05) is 0 Å². The first-order valence-electron chi connectivity index (χ1n) is 7.18. The van der Waals surface area contributed by atoms with Gasteiger partial charge in [0.2, 0.25) is 8.32 Å². The lowest BCUT2D eigenvalue weighted by atomic mass is 10.1. The van der Waals surface area contributed by atoms with Crippen molar-refractivity contribution < 1.29 is 4.43 Å². The van der Waals surface area contributed by atoms with Crippen molar-refractivity contribution in [3.63, 3.8) is 0 Å². The Morgan fingerprint density at radius 3 is 2.35 bits per heavy atom. The Kier molecular flexibility index (Phi) is 4.50. The summed E-state index contributed by atoms with van der Waals surface area (Å²) in [5, 5.41) is 2.99. The van der Waals surface area contributed by atoms with Gasteiger partial charge < -0.3 is 4.43 Å². The molecule has 0 atom stereocenters. The molecule has 0 aromatic heterocycles. The SMILES string of the molecule is Cc1cccc([SiH2]c2cccc(O[Si](C)(C)C)c2)c1C. The smallest absolute Gasteiger partial charge is 0.242 e. The molecule has 2 rings (SSSR count). The summed E-state index contributed by atoms with van der Waals surface area (Å²) in [4.78, 5) is 0. The first kappa shape index (κ1) is 15.1. The van der Waals surface area contributed by atoms with Gasteiger partial charge in [-0.05, 0) is 56.7 Å². The van der Waals surface area contributed by atoms with Crippen LogP contribution in [0.15, 0.2) is 42.5 Å². The molecule has 0 aliphatic rings. The van der Waals surface area contributed by atoms with Crippen molar-refractivity contribution in [3.05, 3.63) is 53.6 Å². The summed E-state index contributed by atoms with van der Waals surface area (Å²) < 4.78 is 6.10. The molecule has 1 nitrogen and oxygen atoms in total. The Labute approximate surface area is 126 Å². The van der Waals surface area contributed by atoms with E-state index in [-0.39, 0.29) is 0 Å². The van der Waals surface area contributed by atoms with E-state index in [4.69, 9.17) is 4.43 Å². The van der Waals surface area contributed by atoms with E-state index in [1.807, 2.05) is 0 Å². The van der Waals surface area contributed by atoms with E-state index in [9.17, 15) is 0 Å². The molecule has 0 fully saturated rings. The van der Waals surface area contributed by atoms with E-state index in [2.05, 4.69) is 76.0 Å². The van der Waals surface area contributed by atoms with E-state index < -0.39 is 17.8 Å². The van der Waals surface area contributed by atoms with Crippen LogP contribution in [0.5, 0.6) is 5.75 Å². The molecule has 2 aromatic rings. The summed E-state index contributed by atoms with van der Waals surface area (Å²) in [6, 6.07) is 15.3. The third-order valence-corrected chi connectivity index (χ3v) is 6.28. The van der Waals surface area contributed by atoms with Crippen LogP contribution in [0, 0.1) is 13.8 Å². The molecule has 0 radical (unpaired) electrons. The molecule has 0 amide bonds. The third-order valence-electron chi connectivity index (χ3n) is 3.43. The van der Waals surface area contributed by atoms with E-state index in [1.165, 1.54) is 21.5 Å². The Bertz CT molecular complexity index is 600. The van der Waals surface area contributed by atoms with Gasteiger partial charge in [-0.3, -0.25) is 0 Å². The van der Waals surface area contributed by atoms with Crippen molar-refractivity contribution in [1.82, 2.24) is 0 Å². The summed E-state index contributed by atoms with van der Waals surface area (Å²) in [7, 11) is -1.94. The van der Waals surface area contributed by atoms with Gasteiger partial charge in [0.15, 0.2) is 0 Å². The Balaban J connectivity index is 2.22. The predicted octanol–water partition coefficient (Wildman–Crippen LogP) is 2.64. The average molecular weight is 301 g/mol. The van der Waals surface area contributed by atoms with Gasteiger partial charge in [-0.15, -0.1) is 0 Å². The zero-order chi connectivity index (χ0) is 14.8. The standard InChI is InChI=1S/C17H24OSi2/c1-13-8-6-11-17(14(13)2)19-16-10-7-9-15(12-16)18-20(3,4)5/h6-12H,19H2,1-5H3. The highest BCUT2D eigenvalue weighted by molar-refractivity contribution is 6.70. The van der Waals surface area contributed by atoms with Crippen LogP contribution in [0.4, 0.5) is 0 Å². The molecule has 2 aromatic carbocycles. The minimum absolute atomic E-state index is 0.424. The van der Waals surface area contributed by atoms with Crippen molar-refractivity contribution >= 4 is 28.2 Å². The maximum atomic E-state index is 6.10. The van der Waals surface area contributed by atoms with Gasteiger partial charge in [0.25, 0.3) is 0 Å². The molecule has 0 N–H and O–H groups in total. The van der Waals surface area contributed by atoms with E-state index >= 15 is 0 Å². The van der Waals surface area contributed by atoms with Crippen LogP contribution >= 0.6 is 0 Å². The highest BCUT2D eigenvalue weighted by Gasteiger charge is 2.16. The fourth-order valence-corrected chi connectivity index (χ4v) is 4.92. The van der Waals surface area contributed by atoms with Crippen LogP contribution in [0.1, 0.15) is 11.1 Å². The highest BCUT2D eigenvalue weighted by atomic mass is 28.4. The van der Waals surface area contributed by atoms with Crippen molar-refractivity contribution in [2.45, 2.75) is 33.5 Å². The van der Waals surface area contributed by atoms with Crippen LogP contribution in [0.3, 0.4) is 0 Å².